The fraction of sp³-hybridized carbons (Fsp3) is 0. The van der Waals surface area contributed by atoms with Crippen molar-refractivity contribution in [3.63, 3.8) is 0 Å². The van der Waals surface area contributed by atoms with Crippen LogP contribution < -0.4 is 0 Å². The molecule has 0 saturated heterocycles. The standard InChI is InChI=1S/C20H10BrCl/c21-16-10-12-6-3-8-14-13-7-1-4-11-5-2-9-15(17(11)13)19(18(12)14)20(16)22/h1-10H. The summed E-state index contributed by atoms with van der Waals surface area (Å²) in [4.78, 5) is 0. The molecule has 5 aromatic carbocycles. The first-order chi connectivity index (χ1) is 10.8. The first-order valence-electron chi connectivity index (χ1n) is 7.19. The largest absolute Gasteiger partial charge is 0.0824 e. The monoisotopic (exact) mass is 364 g/mol. The lowest BCUT2D eigenvalue weighted by molar-refractivity contribution is 1.75. The summed E-state index contributed by atoms with van der Waals surface area (Å²) in [5.41, 5.74) is 0. The van der Waals surface area contributed by atoms with Gasteiger partial charge in [-0.1, -0.05) is 66.2 Å². The second kappa shape index (κ2) is 4.34. The Balaban J connectivity index is 2.31. The Labute approximate surface area is 140 Å². The molecule has 0 N–H and O–H groups in total. The molecule has 0 saturated carbocycles. The minimum absolute atomic E-state index is 0.793. The fourth-order valence-corrected chi connectivity index (χ4v) is 4.35. The van der Waals surface area contributed by atoms with Crippen molar-refractivity contribution in [3.8, 4) is 0 Å². The Bertz CT molecular complexity index is 1190. The lowest BCUT2D eigenvalue weighted by Gasteiger charge is -2.16. The molecule has 5 aromatic rings. The first kappa shape index (κ1) is 12.7. The maximum absolute atomic E-state index is 6.68. The van der Waals surface area contributed by atoms with E-state index in [4.69, 9.17) is 11.6 Å². The average Bonchev–Trinajstić information content (AvgIpc) is 2.55. The topological polar surface area (TPSA) is 0 Å². The van der Waals surface area contributed by atoms with E-state index >= 15 is 0 Å². The van der Waals surface area contributed by atoms with Crippen LogP contribution in [-0.4, -0.2) is 0 Å². The molecule has 0 unspecified atom stereocenters. The third-order valence-electron chi connectivity index (χ3n) is 4.52. The van der Waals surface area contributed by atoms with Crippen LogP contribution in [0.3, 0.4) is 0 Å². The summed E-state index contributed by atoms with van der Waals surface area (Å²) >= 11 is 10.3. The zero-order valence-corrected chi connectivity index (χ0v) is 13.9. The first-order valence-corrected chi connectivity index (χ1v) is 8.36. The Morgan fingerprint density at radius 1 is 0.636 bits per heavy atom. The minimum atomic E-state index is 0.793. The summed E-state index contributed by atoms with van der Waals surface area (Å²) in [6.07, 6.45) is 0. The Kier molecular flexibility index (Phi) is 2.51. The number of fused-ring (bicyclic) bond motifs is 2. The number of hydrogen-bond donors (Lipinski definition) is 0. The van der Waals surface area contributed by atoms with Crippen molar-refractivity contribution in [2.75, 3.05) is 0 Å². The maximum Gasteiger partial charge on any atom is 0.0633 e. The zero-order chi connectivity index (χ0) is 14.8. The zero-order valence-electron chi connectivity index (χ0n) is 11.5. The van der Waals surface area contributed by atoms with E-state index in [1.54, 1.807) is 0 Å². The van der Waals surface area contributed by atoms with Gasteiger partial charge in [-0.3, -0.25) is 0 Å². The van der Waals surface area contributed by atoms with Crippen molar-refractivity contribution in [2.45, 2.75) is 0 Å². The third kappa shape index (κ3) is 1.48. The van der Waals surface area contributed by atoms with Gasteiger partial charge < -0.3 is 0 Å². The molecule has 0 heterocycles. The summed E-state index contributed by atoms with van der Waals surface area (Å²) in [6.45, 7) is 0. The molecule has 0 bridgehead atoms. The van der Waals surface area contributed by atoms with Gasteiger partial charge in [0.1, 0.15) is 0 Å². The fourth-order valence-electron chi connectivity index (χ4n) is 3.65. The average molecular weight is 366 g/mol. The van der Waals surface area contributed by atoms with Gasteiger partial charge in [0, 0.05) is 9.86 Å². The van der Waals surface area contributed by atoms with Crippen molar-refractivity contribution in [3.05, 3.63) is 70.2 Å². The van der Waals surface area contributed by atoms with Gasteiger partial charge in [-0.25, -0.2) is 0 Å². The van der Waals surface area contributed by atoms with Crippen LogP contribution in [0.4, 0.5) is 0 Å². The highest BCUT2D eigenvalue weighted by Gasteiger charge is 2.16. The number of halogens is 2. The molecule has 0 aliphatic heterocycles. The SMILES string of the molecule is Clc1c(Br)cc2cccc3c4cccc5cccc(c1c23)c54. The lowest BCUT2D eigenvalue weighted by Crippen LogP contribution is -1.88. The predicted molar refractivity (Wildman–Crippen MR) is 100 cm³/mol. The molecule has 0 amide bonds. The summed E-state index contributed by atoms with van der Waals surface area (Å²) in [7, 11) is 0. The van der Waals surface area contributed by atoms with Gasteiger partial charge in [-0.15, -0.1) is 0 Å². The molecule has 0 fully saturated rings. The molecule has 5 rings (SSSR count). The van der Waals surface area contributed by atoms with E-state index in [1.165, 1.54) is 37.7 Å². The predicted octanol–water partition coefficient (Wildman–Crippen LogP) is 7.15. The van der Waals surface area contributed by atoms with Gasteiger partial charge in [0.2, 0.25) is 0 Å². The van der Waals surface area contributed by atoms with Gasteiger partial charge in [0.15, 0.2) is 0 Å². The smallest absolute Gasteiger partial charge is 0.0633 e. The van der Waals surface area contributed by atoms with E-state index in [0.29, 0.717) is 0 Å². The molecule has 0 radical (unpaired) electrons. The van der Waals surface area contributed by atoms with E-state index in [1.807, 2.05) is 0 Å². The Morgan fingerprint density at radius 3 is 1.95 bits per heavy atom. The molecular formula is C20H10BrCl. The molecule has 0 aliphatic rings. The van der Waals surface area contributed by atoms with Gasteiger partial charge in [-0.2, -0.15) is 0 Å². The highest BCUT2D eigenvalue weighted by Crippen LogP contribution is 2.45. The van der Waals surface area contributed by atoms with Crippen molar-refractivity contribution >= 4 is 70.6 Å². The van der Waals surface area contributed by atoms with Gasteiger partial charge in [0.25, 0.3) is 0 Å². The molecule has 0 nitrogen and oxygen atoms in total. The second-order valence-corrected chi connectivity index (χ2v) is 6.89. The van der Waals surface area contributed by atoms with Crippen LogP contribution >= 0.6 is 27.5 Å². The van der Waals surface area contributed by atoms with Crippen LogP contribution in [-0.2, 0) is 0 Å². The molecule has 0 aliphatic carbocycles. The third-order valence-corrected chi connectivity index (χ3v) is 5.77. The van der Waals surface area contributed by atoms with Crippen LogP contribution in [0.2, 0.25) is 5.02 Å². The molecular weight excluding hydrogens is 356 g/mol. The van der Waals surface area contributed by atoms with Crippen LogP contribution in [0.25, 0.3) is 43.1 Å². The normalized spacial score (nSPS) is 12.1. The molecule has 0 spiro atoms. The molecule has 0 aromatic heterocycles. The minimum Gasteiger partial charge on any atom is -0.0824 e. The summed E-state index contributed by atoms with van der Waals surface area (Å²) in [6, 6.07) is 21.5. The highest BCUT2D eigenvalue weighted by molar-refractivity contribution is 9.10. The van der Waals surface area contributed by atoms with Crippen LogP contribution in [0.1, 0.15) is 0 Å². The van der Waals surface area contributed by atoms with E-state index in [-0.39, 0.29) is 0 Å². The summed E-state index contributed by atoms with van der Waals surface area (Å²) < 4.78 is 0.949. The second-order valence-electron chi connectivity index (χ2n) is 5.66. The van der Waals surface area contributed by atoms with Crippen molar-refractivity contribution < 1.29 is 0 Å². The Hall–Kier alpha value is -1.83. The van der Waals surface area contributed by atoms with Crippen LogP contribution in [0, 0.1) is 0 Å². The summed E-state index contributed by atoms with van der Waals surface area (Å²) in [5.74, 6) is 0. The number of rotatable bonds is 0. The van der Waals surface area contributed by atoms with Crippen molar-refractivity contribution in [2.24, 2.45) is 0 Å². The van der Waals surface area contributed by atoms with E-state index < -0.39 is 0 Å². The van der Waals surface area contributed by atoms with Gasteiger partial charge in [-0.05, 0) is 59.7 Å². The maximum atomic E-state index is 6.68. The van der Waals surface area contributed by atoms with Crippen LogP contribution in [0.5, 0.6) is 0 Å². The van der Waals surface area contributed by atoms with Gasteiger partial charge >= 0.3 is 0 Å². The van der Waals surface area contributed by atoms with Crippen molar-refractivity contribution in [1.82, 2.24) is 0 Å². The highest BCUT2D eigenvalue weighted by atomic mass is 79.9. The van der Waals surface area contributed by atoms with Crippen LogP contribution in [0.15, 0.2) is 65.1 Å². The molecule has 22 heavy (non-hydrogen) atoms. The molecule has 0 atom stereocenters. The summed E-state index contributed by atoms with van der Waals surface area (Å²) in [5, 5.41) is 10.8. The number of benzene rings is 5. The van der Waals surface area contributed by atoms with E-state index in [9.17, 15) is 0 Å². The van der Waals surface area contributed by atoms with E-state index in [0.717, 1.165) is 14.9 Å². The Morgan fingerprint density at radius 2 is 1.23 bits per heavy atom. The van der Waals surface area contributed by atoms with E-state index in [2.05, 4.69) is 76.6 Å². The van der Waals surface area contributed by atoms with Gasteiger partial charge in [0.05, 0.1) is 5.02 Å². The lowest BCUT2D eigenvalue weighted by atomic mass is 9.90. The van der Waals surface area contributed by atoms with Crippen molar-refractivity contribution in [1.29, 1.82) is 0 Å². The molecule has 2 heteroatoms. The number of hydrogen-bond acceptors (Lipinski definition) is 0. The quantitative estimate of drug-likeness (QED) is 0.202. The molecule has 104 valence electrons.